The van der Waals surface area contributed by atoms with E-state index in [1.807, 2.05) is 30.3 Å². The minimum absolute atomic E-state index is 0.0466. The van der Waals surface area contributed by atoms with Crippen LogP contribution in [0.3, 0.4) is 0 Å². The Bertz CT molecular complexity index is 969. The lowest BCUT2D eigenvalue weighted by Gasteiger charge is -2.30. The smallest absolute Gasteiger partial charge is 0.273 e. The fraction of sp³-hybridized carbons (Fsp3) is 0.304. The third kappa shape index (κ3) is 5.36. The van der Waals surface area contributed by atoms with E-state index in [0.29, 0.717) is 25.9 Å². The van der Waals surface area contributed by atoms with Gasteiger partial charge in [-0.15, -0.1) is 0 Å². The molecule has 0 saturated carbocycles. The first-order chi connectivity index (χ1) is 15.4. The van der Waals surface area contributed by atoms with Crippen LogP contribution in [0.2, 0.25) is 0 Å². The molecular formula is C23H27FN4O4. The number of aliphatic hydroxyl groups is 1. The summed E-state index contributed by atoms with van der Waals surface area (Å²) < 4.78 is 19.7. The number of hydrogen-bond donors (Lipinski definition) is 2. The number of nitrogens with zero attached hydrogens (tertiary/aromatic N) is 3. The Labute approximate surface area is 186 Å². The van der Waals surface area contributed by atoms with Gasteiger partial charge in [-0.05, 0) is 24.1 Å². The van der Waals surface area contributed by atoms with Crippen LogP contribution in [0, 0.1) is 5.82 Å². The molecule has 9 heteroatoms. The number of hydrogen-bond acceptors (Lipinski definition) is 6. The molecule has 0 aromatic heterocycles. The van der Waals surface area contributed by atoms with Crippen molar-refractivity contribution in [2.24, 2.45) is 0 Å². The number of halogens is 1. The van der Waals surface area contributed by atoms with Crippen molar-refractivity contribution < 1.29 is 23.8 Å². The predicted molar refractivity (Wildman–Crippen MR) is 116 cm³/mol. The third-order valence-electron chi connectivity index (χ3n) is 5.01. The highest BCUT2D eigenvalue weighted by Gasteiger charge is 2.39. The molecule has 3 rings (SSSR count). The van der Waals surface area contributed by atoms with Gasteiger partial charge < -0.3 is 29.9 Å². The maximum absolute atomic E-state index is 13.7. The highest BCUT2D eigenvalue weighted by Crippen LogP contribution is 2.28. The molecule has 2 N–H and O–H groups in total. The van der Waals surface area contributed by atoms with Gasteiger partial charge in [0.25, 0.3) is 12.3 Å². The molecule has 0 spiro atoms. The maximum atomic E-state index is 13.7. The first-order valence-electron chi connectivity index (χ1n) is 10.2. The van der Waals surface area contributed by atoms with Crippen LogP contribution >= 0.6 is 0 Å². The Morgan fingerprint density at radius 1 is 1.22 bits per heavy atom. The zero-order valence-electron chi connectivity index (χ0n) is 18.1. The molecule has 170 valence electrons. The normalized spacial score (nSPS) is 15.4. The van der Waals surface area contributed by atoms with Gasteiger partial charge in [-0.25, -0.2) is 4.39 Å². The largest absolute Gasteiger partial charge is 0.452 e. The first-order valence-corrected chi connectivity index (χ1v) is 10.2. The molecule has 2 amide bonds. The SMILES string of the molecule is CN(C=O)C1=C(C(=O)N(C)CCCO)N(Cc2ccccc2)C(Oc2cccc(F)c2)N1. The number of aliphatic hydroxyl groups excluding tert-OH is 1. The van der Waals surface area contributed by atoms with Crippen LogP contribution in [0.5, 0.6) is 5.75 Å². The molecule has 2 aromatic rings. The highest BCUT2D eigenvalue weighted by molar-refractivity contribution is 5.94. The van der Waals surface area contributed by atoms with E-state index in [1.165, 1.54) is 35.0 Å². The number of benzene rings is 2. The van der Waals surface area contributed by atoms with Gasteiger partial charge in [0.1, 0.15) is 23.1 Å². The Kier molecular flexibility index (Phi) is 7.67. The third-order valence-corrected chi connectivity index (χ3v) is 5.01. The number of likely N-dealkylation sites (N-methyl/N-ethyl adjacent to an activating group) is 1. The molecule has 0 saturated heterocycles. The minimum Gasteiger partial charge on any atom is -0.452 e. The van der Waals surface area contributed by atoms with E-state index in [9.17, 15) is 14.0 Å². The van der Waals surface area contributed by atoms with Crippen LogP contribution in [0.1, 0.15) is 12.0 Å². The molecule has 8 nitrogen and oxygen atoms in total. The molecule has 0 aliphatic carbocycles. The molecule has 1 unspecified atom stereocenters. The van der Waals surface area contributed by atoms with Gasteiger partial charge in [-0.3, -0.25) is 9.59 Å². The zero-order valence-corrected chi connectivity index (χ0v) is 18.1. The molecule has 1 atom stereocenters. The van der Waals surface area contributed by atoms with E-state index in [2.05, 4.69) is 5.32 Å². The topological polar surface area (TPSA) is 85.4 Å². The summed E-state index contributed by atoms with van der Waals surface area (Å²) in [6.07, 6.45) is 0.151. The first kappa shape index (κ1) is 23.1. The average molecular weight is 442 g/mol. The second-order valence-corrected chi connectivity index (χ2v) is 7.40. The van der Waals surface area contributed by atoms with E-state index >= 15 is 0 Å². The van der Waals surface area contributed by atoms with Crippen LogP contribution in [0.4, 0.5) is 4.39 Å². The van der Waals surface area contributed by atoms with Crippen molar-refractivity contribution in [3.63, 3.8) is 0 Å². The summed E-state index contributed by atoms with van der Waals surface area (Å²) in [5.74, 6) is -0.238. The van der Waals surface area contributed by atoms with Crippen LogP contribution in [-0.4, -0.2) is 65.7 Å². The molecule has 1 aliphatic rings. The molecular weight excluding hydrogens is 415 g/mol. The van der Waals surface area contributed by atoms with Gasteiger partial charge in [0.2, 0.25) is 6.41 Å². The number of rotatable bonds is 10. The van der Waals surface area contributed by atoms with Crippen molar-refractivity contribution in [1.29, 1.82) is 0 Å². The molecule has 0 bridgehead atoms. The van der Waals surface area contributed by atoms with E-state index in [0.717, 1.165) is 5.56 Å². The summed E-state index contributed by atoms with van der Waals surface area (Å²) in [6.45, 7) is 0.597. The van der Waals surface area contributed by atoms with Crippen LogP contribution in [0.15, 0.2) is 66.1 Å². The van der Waals surface area contributed by atoms with Crippen molar-refractivity contribution in [1.82, 2.24) is 20.0 Å². The van der Waals surface area contributed by atoms with E-state index in [-0.39, 0.29) is 29.8 Å². The molecule has 1 heterocycles. The number of nitrogens with one attached hydrogen (secondary N) is 1. The van der Waals surface area contributed by atoms with Gasteiger partial charge in [0.15, 0.2) is 0 Å². The maximum Gasteiger partial charge on any atom is 0.273 e. The monoisotopic (exact) mass is 442 g/mol. The molecule has 2 aromatic carbocycles. The molecule has 32 heavy (non-hydrogen) atoms. The summed E-state index contributed by atoms with van der Waals surface area (Å²) in [4.78, 5) is 29.4. The van der Waals surface area contributed by atoms with Crippen LogP contribution < -0.4 is 10.1 Å². The van der Waals surface area contributed by atoms with Crippen molar-refractivity contribution in [2.45, 2.75) is 19.3 Å². The van der Waals surface area contributed by atoms with Crippen LogP contribution in [0.25, 0.3) is 0 Å². The fourth-order valence-electron chi connectivity index (χ4n) is 3.36. The lowest BCUT2D eigenvalue weighted by atomic mass is 10.2. The second kappa shape index (κ2) is 10.6. The number of carbonyl (C=O) groups is 2. The van der Waals surface area contributed by atoms with Gasteiger partial charge in [-0.2, -0.15) is 0 Å². The van der Waals surface area contributed by atoms with Gasteiger partial charge in [0.05, 0.1) is 0 Å². The van der Waals surface area contributed by atoms with E-state index in [1.54, 1.807) is 18.0 Å². The van der Waals surface area contributed by atoms with Crippen molar-refractivity contribution in [3.8, 4) is 5.75 Å². The summed E-state index contributed by atoms with van der Waals surface area (Å²) in [7, 11) is 3.16. The van der Waals surface area contributed by atoms with E-state index < -0.39 is 12.2 Å². The summed E-state index contributed by atoms with van der Waals surface area (Å²) in [5.41, 5.74) is 1.16. The molecule has 0 radical (unpaired) electrons. The highest BCUT2D eigenvalue weighted by atomic mass is 19.1. The summed E-state index contributed by atoms with van der Waals surface area (Å²) in [5, 5.41) is 12.2. The van der Waals surface area contributed by atoms with Gasteiger partial charge in [0, 0.05) is 39.9 Å². The van der Waals surface area contributed by atoms with Crippen molar-refractivity contribution in [2.75, 3.05) is 27.2 Å². The van der Waals surface area contributed by atoms with Crippen molar-refractivity contribution in [3.05, 3.63) is 77.5 Å². The summed E-state index contributed by atoms with van der Waals surface area (Å²) >= 11 is 0. The fourth-order valence-corrected chi connectivity index (χ4v) is 3.36. The quantitative estimate of drug-likeness (QED) is 0.545. The molecule has 1 aliphatic heterocycles. The number of ether oxygens (including phenoxy) is 1. The Morgan fingerprint density at radius 3 is 2.62 bits per heavy atom. The predicted octanol–water partition coefficient (Wildman–Crippen LogP) is 1.69. The van der Waals surface area contributed by atoms with Gasteiger partial charge >= 0.3 is 0 Å². The van der Waals surface area contributed by atoms with Crippen LogP contribution in [-0.2, 0) is 16.1 Å². The van der Waals surface area contributed by atoms with Gasteiger partial charge in [-0.1, -0.05) is 36.4 Å². The average Bonchev–Trinajstić information content (AvgIpc) is 3.14. The lowest BCUT2D eigenvalue weighted by Crippen LogP contribution is -2.44. The second-order valence-electron chi connectivity index (χ2n) is 7.40. The number of amides is 2. The Morgan fingerprint density at radius 2 is 1.97 bits per heavy atom. The minimum atomic E-state index is -0.861. The van der Waals surface area contributed by atoms with Crippen molar-refractivity contribution >= 4 is 12.3 Å². The number of carbonyl (C=O) groups excluding carboxylic acids is 2. The zero-order chi connectivity index (χ0) is 23.1. The van der Waals surface area contributed by atoms with E-state index in [4.69, 9.17) is 9.84 Å². The standard InChI is InChI=1S/C23H27FN4O4/c1-26(12-7-13-29)22(31)20-21(27(2)16-30)25-23(32-19-11-6-10-18(24)14-19)28(20)15-17-8-4-3-5-9-17/h3-6,8-11,14,16,23,25,29H,7,12-13,15H2,1-2H3. The Hall–Kier alpha value is -3.59. The lowest BCUT2D eigenvalue weighted by molar-refractivity contribution is -0.128. The Balaban J connectivity index is 1.99. The molecule has 0 fully saturated rings. The summed E-state index contributed by atoms with van der Waals surface area (Å²) in [6, 6.07) is 15.2.